The van der Waals surface area contributed by atoms with Gasteiger partial charge in [-0.25, -0.2) is 0 Å². The van der Waals surface area contributed by atoms with E-state index in [1.165, 1.54) is 11.8 Å². The van der Waals surface area contributed by atoms with Crippen LogP contribution in [0.2, 0.25) is 10.0 Å². The van der Waals surface area contributed by atoms with Crippen LogP contribution in [0.1, 0.15) is 22.8 Å². The maximum absolute atomic E-state index is 13.3. The molecule has 0 heterocycles. The molecular weight excluding hydrogens is 593 g/mol. The van der Waals surface area contributed by atoms with Crippen molar-refractivity contribution in [3.05, 3.63) is 124 Å². The maximum atomic E-state index is 13.3. The van der Waals surface area contributed by atoms with Crippen molar-refractivity contribution in [1.82, 2.24) is 5.32 Å². The molecule has 3 amide bonds. The largest absolute Gasteiger partial charge is 0.494 e. The van der Waals surface area contributed by atoms with Gasteiger partial charge in [0, 0.05) is 31.9 Å². The van der Waals surface area contributed by atoms with Crippen LogP contribution in [0.5, 0.6) is 5.75 Å². The summed E-state index contributed by atoms with van der Waals surface area (Å²) in [4.78, 5) is 39.3. The zero-order chi connectivity index (χ0) is 29.9. The Bertz CT molecular complexity index is 1560. The van der Waals surface area contributed by atoms with E-state index in [4.69, 9.17) is 27.9 Å². The van der Waals surface area contributed by atoms with E-state index in [0.29, 0.717) is 44.9 Å². The summed E-state index contributed by atoms with van der Waals surface area (Å²) < 4.78 is 5.49. The van der Waals surface area contributed by atoms with Gasteiger partial charge in [-0.05, 0) is 85.3 Å². The number of rotatable bonds is 11. The van der Waals surface area contributed by atoms with Crippen LogP contribution in [0.4, 0.5) is 11.4 Å². The van der Waals surface area contributed by atoms with Crippen molar-refractivity contribution in [3.63, 3.8) is 0 Å². The Hall–Kier alpha value is -4.24. The van der Waals surface area contributed by atoms with Crippen molar-refractivity contribution in [2.24, 2.45) is 0 Å². The van der Waals surface area contributed by atoms with Gasteiger partial charge in [-0.3, -0.25) is 14.4 Å². The van der Waals surface area contributed by atoms with Crippen LogP contribution in [-0.2, 0) is 9.59 Å². The van der Waals surface area contributed by atoms with Crippen LogP contribution < -0.4 is 20.7 Å². The van der Waals surface area contributed by atoms with Gasteiger partial charge in [0.25, 0.3) is 11.8 Å². The highest BCUT2D eigenvalue weighted by Gasteiger charge is 2.15. The highest BCUT2D eigenvalue weighted by atomic mass is 35.5. The van der Waals surface area contributed by atoms with E-state index in [1.54, 1.807) is 97.1 Å². The molecule has 0 fully saturated rings. The molecule has 4 rings (SSSR count). The second-order valence-corrected chi connectivity index (χ2v) is 10.8. The van der Waals surface area contributed by atoms with E-state index < -0.39 is 11.8 Å². The lowest BCUT2D eigenvalue weighted by Gasteiger charge is -2.12. The smallest absolute Gasteiger partial charge is 0.272 e. The number of carbonyl (C=O) groups is 3. The first kappa shape index (κ1) is 30.7. The molecule has 0 aliphatic heterocycles. The first-order valence-corrected chi connectivity index (χ1v) is 14.6. The van der Waals surface area contributed by atoms with Crippen molar-refractivity contribution < 1.29 is 19.1 Å². The summed E-state index contributed by atoms with van der Waals surface area (Å²) in [6, 6.07) is 27.7. The van der Waals surface area contributed by atoms with E-state index in [0.717, 1.165) is 4.90 Å². The van der Waals surface area contributed by atoms with Gasteiger partial charge >= 0.3 is 0 Å². The van der Waals surface area contributed by atoms with Crippen LogP contribution in [-0.4, -0.2) is 30.1 Å². The molecule has 0 atom stereocenters. The Labute approximate surface area is 258 Å². The van der Waals surface area contributed by atoms with Crippen LogP contribution in [0.15, 0.2) is 108 Å². The fourth-order valence-electron chi connectivity index (χ4n) is 3.74. The second-order valence-electron chi connectivity index (χ2n) is 8.85. The summed E-state index contributed by atoms with van der Waals surface area (Å²) in [7, 11) is 0. The number of hydrogen-bond acceptors (Lipinski definition) is 5. The fraction of sp³-hybridized carbons (Fsp3) is 0.0938. The Morgan fingerprint density at radius 3 is 2.12 bits per heavy atom. The van der Waals surface area contributed by atoms with Crippen LogP contribution in [0.3, 0.4) is 0 Å². The lowest BCUT2D eigenvalue weighted by Crippen LogP contribution is -2.30. The molecule has 7 nitrogen and oxygen atoms in total. The molecule has 42 heavy (non-hydrogen) atoms. The Morgan fingerprint density at radius 1 is 0.810 bits per heavy atom. The summed E-state index contributed by atoms with van der Waals surface area (Å²) in [6.07, 6.45) is 1.60. The number of ether oxygens (including phenoxy) is 1. The third-order valence-corrected chi connectivity index (χ3v) is 7.11. The second kappa shape index (κ2) is 15.1. The zero-order valence-electron chi connectivity index (χ0n) is 22.5. The summed E-state index contributed by atoms with van der Waals surface area (Å²) in [5.74, 6) is -0.246. The highest BCUT2D eigenvalue weighted by molar-refractivity contribution is 8.00. The first-order chi connectivity index (χ1) is 20.3. The molecule has 0 aliphatic carbocycles. The Balaban J connectivity index is 1.41. The van der Waals surface area contributed by atoms with Gasteiger partial charge in [0.1, 0.15) is 11.4 Å². The summed E-state index contributed by atoms with van der Waals surface area (Å²) in [5.41, 5.74) is 2.25. The SMILES string of the molecule is CCOc1ccc(/C=C(\NC(=O)c2ccccc2)C(=O)Nc2ccc(SCC(=O)Nc3cc(Cl)cc(Cl)c3)cc2)cc1. The van der Waals surface area contributed by atoms with Crippen molar-refractivity contribution in [3.8, 4) is 5.75 Å². The molecule has 10 heteroatoms. The summed E-state index contributed by atoms with van der Waals surface area (Å²) in [5, 5.41) is 9.18. The number of hydrogen-bond donors (Lipinski definition) is 3. The van der Waals surface area contributed by atoms with E-state index in [9.17, 15) is 14.4 Å². The Kier molecular flexibility index (Phi) is 11.1. The minimum Gasteiger partial charge on any atom is -0.494 e. The zero-order valence-corrected chi connectivity index (χ0v) is 24.9. The Morgan fingerprint density at radius 2 is 1.48 bits per heavy atom. The molecule has 0 aromatic heterocycles. The predicted octanol–water partition coefficient (Wildman–Crippen LogP) is 7.53. The molecule has 0 saturated heterocycles. The van der Waals surface area contributed by atoms with Gasteiger partial charge < -0.3 is 20.7 Å². The molecule has 4 aromatic carbocycles. The number of carbonyl (C=O) groups excluding carboxylic acids is 3. The third kappa shape index (κ3) is 9.41. The molecule has 0 spiro atoms. The van der Waals surface area contributed by atoms with Crippen LogP contribution in [0.25, 0.3) is 6.08 Å². The third-order valence-electron chi connectivity index (χ3n) is 5.66. The maximum Gasteiger partial charge on any atom is 0.272 e. The quantitative estimate of drug-likeness (QED) is 0.119. The number of amides is 3. The molecule has 4 aromatic rings. The highest BCUT2D eigenvalue weighted by Crippen LogP contribution is 2.24. The van der Waals surface area contributed by atoms with Gasteiger partial charge in [-0.2, -0.15) is 0 Å². The van der Waals surface area contributed by atoms with Crippen molar-refractivity contribution in [1.29, 1.82) is 0 Å². The molecule has 0 radical (unpaired) electrons. The normalized spacial score (nSPS) is 11.0. The van der Waals surface area contributed by atoms with Crippen LogP contribution >= 0.6 is 35.0 Å². The average Bonchev–Trinajstić information content (AvgIpc) is 2.97. The average molecular weight is 621 g/mol. The topological polar surface area (TPSA) is 96.5 Å². The standard InChI is InChI=1S/C32H27Cl2N3O4S/c1-2-41-27-12-8-21(9-13-27)16-29(37-31(39)22-6-4-3-5-7-22)32(40)36-25-10-14-28(15-11-25)42-20-30(38)35-26-18-23(33)17-24(34)19-26/h3-19H,2,20H2,1H3,(H,35,38)(H,36,40)(H,37,39)/b29-16-. The lowest BCUT2D eigenvalue weighted by atomic mass is 10.1. The van der Waals surface area contributed by atoms with E-state index in [2.05, 4.69) is 16.0 Å². The molecular formula is C32H27Cl2N3O4S. The molecule has 0 unspecified atom stereocenters. The van der Waals surface area contributed by atoms with Crippen LogP contribution in [0, 0.1) is 0 Å². The van der Waals surface area contributed by atoms with Crippen molar-refractivity contribution >= 4 is 70.1 Å². The van der Waals surface area contributed by atoms with Gasteiger partial charge in [-0.1, -0.05) is 53.5 Å². The van der Waals surface area contributed by atoms with Gasteiger partial charge in [0.05, 0.1) is 12.4 Å². The number of anilines is 2. The first-order valence-electron chi connectivity index (χ1n) is 12.9. The number of nitrogens with one attached hydrogen (secondary N) is 3. The number of halogens is 2. The molecule has 3 N–H and O–H groups in total. The predicted molar refractivity (Wildman–Crippen MR) is 170 cm³/mol. The van der Waals surface area contributed by atoms with E-state index in [-0.39, 0.29) is 17.4 Å². The lowest BCUT2D eigenvalue weighted by molar-refractivity contribution is -0.114. The molecule has 0 saturated carbocycles. The minimum absolute atomic E-state index is 0.0734. The van der Waals surface area contributed by atoms with E-state index >= 15 is 0 Å². The van der Waals surface area contributed by atoms with Crippen molar-refractivity contribution in [2.75, 3.05) is 23.0 Å². The monoisotopic (exact) mass is 619 g/mol. The molecule has 0 aliphatic rings. The molecule has 214 valence electrons. The van der Waals surface area contributed by atoms with Gasteiger partial charge in [0.2, 0.25) is 5.91 Å². The summed E-state index contributed by atoms with van der Waals surface area (Å²) in [6.45, 7) is 2.44. The number of thioether (sulfide) groups is 1. The fourth-order valence-corrected chi connectivity index (χ4v) is 4.97. The van der Waals surface area contributed by atoms with E-state index in [1.807, 2.05) is 13.0 Å². The minimum atomic E-state index is -0.492. The van der Waals surface area contributed by atoms with Gasteiger partial charge in [0.15, 0.2) is 0 Å². The van der Waals surface area contributed by atoms with Crippen molar-refractivity contribution in [2.45, 2.75) is 11.8 Å². The summed E-state index contributed by atoms with van der Waals surface area (Å²) >= 11 is 13.3. The number of benzene rings is 4. The molecule has 0 bridgehead atoms. The van der Waals surface area contributed by atoms with Gasteiger partial charge in [-0.15, -0.1) is 11.8 Å².